The number of nitrogens with one attached hydrogen (secondary N) is 2. The van der Waals surface area contributed by atoms with Gasteiger partial charge in [-0.2, -0.15) is 0 Å². The van der Waals surface area contributed by atoms with Crippen LogP contribution in [-0.4, -0.2) is 34.9 Å². The molecule has 0 bridgehead atoms. The number of nitrogens with zero attached hydrogens (tertiary/aromatic N) is 2. The van der Waals surface area contributed by atoms with Crippen LogP contribution in [0.3, 0.4) is 0 Å². The number of ether oxygens (including phenoxy) is 1. The zero-order valence-electron chi connectivity index (χ0n) is 15.3. The van der Waals surface area contributed by atoms with Crippen molar-refractivity contribution < 1.29 is 4.74 Å². The molecular formula is C20H26N4O. The first-order valence-electron chi connectivity index (χ1n) is 8.98. The number of H-pyrrole nitrogens is 1. The quantitative estimate of drug-likeness (QED) is 0.827. The molecule has 0 saturated heterocycles. The van der Waals surface area contributed by atoms with Gasteiger partial charge in [-0.1, -0.05) is 6.08 Å². The fourth-order valence-corrected chi connectivity index (χ4v) is 3.89. The highest BCUT2D eigenvalue weighted by Crippen LogP contribution is 2.47. The maximum atomic E-state index is 6.08. The molecule has 0 unspecified atom stereocenters. The second-order valence-corrected chi connectivity index (χ2v) is 7.48. The molecule has 4 rings (SSSR count). The maximum absolute atomic E-state index is 6.08. The van der Waals surface area contributed by atoms with Gasteiger partial charge in [-0.05, 0) is 38.0 Å². The molecule has 1 aliphatic carbocycles. The van der Waals surface area contributed by atoms with Crippen molar-refractivity contribution in [1.29, 1.82) is 0 Å². The van der Waals surface area contributed by atoms with Gasteiger partial charge in [0.15, 0.2) is 0 Å². The molecule has 25 heavy (non-hydrogen) atoms. The second kappa shape index (κ2) is 5.92. The average molecular weight is 338 g/mol. The van der Waals surface area contributed by atoms with Crippen LogP contribution in [0.4, 0.5) is 11.5 Å². The van der Waals surface area contributed by atoms with E-state index in [1.165, 1.54) is 22.3 Å². The molecule has 3 heterocycles. The number of aliphatic imine (C=N–C) groups is 1. The summed E-state index contributed by atoms with van der Waals surface area (Å²) in [6.45, 7) is 13.5. The third-order valence-corrected chi connectivity index (χ3v) is 5.01. The molecule has 0 atom stereocenters. The number of pyridine rings is 1. The average Bonchev–Trinajstić information content (AvgIpc) is 2.92. The molecule has 0 aromatic heterocycles. The van der Waals surface area contributed by atoms with E-state index in [9.17, 15) is 0 Å². The van der Waals surface area contributed by atoms with Gasteiger partial charge in [0.2, 0.25) is 0 Å². The molecule has 0 radical (unpaired) electrons. The van der Waals surface area contributed by atoms with Crippen molar-refractivity contribution >= 4 is 17.8 Å². The highest BCUT2D eigenvalue weighted by Gasteiger charge is 2.34. The predicted molar refractivity (Wildman–Crippen MR) is 103 cm³/mol. The van der Waals surface area contributed by atoms with Crippen molar-refractivity contribution in [2.45, 2.75) is 45.9 Å². The first-order valence-corrected chi connectivity index (χ1v) is 8.98. The van der Waals surface area contributed by atoms with Crippen molar-refractivity contribution in [2.75, 3.05) is 18.4 Å². The van der Waals surface area contributed by atoms with E-state index in [-0.39, 0.29) is 5.60 Å². The highest BCUT2D eigenvalue weighted by atomic mass is 16.5. The zero-order chi connectivity index (χ0) is 17.6. The van der Waals surface area contributed by atoms with Crippen LogP contribution < -0.4 is 5.32 Å². The Hall–Kier alpha value is -2.27. The molecule has 3 aliphatic heterocycles. The van der Waals surface area contributed by atoms with Crippen molar-refractivity contribution in [1.82, 2.24) is 9.88 Å². The van der Waals surface area contributed by atoms with E-state index in [2.05, 4.69) is 48.6 Å². The number of rotatable bonds is 4. The minimum Gasteiger partial charge on any atom is -0.372 e. The van der Waals surface area contributed by atoms with Crippen LogP contribution in [0.2, 0.25) is 0 Å². The van der Waals surface area contributed by atoms with Gasteiger partial charge in [0.05, 0.1) is 24.2 Å². The van der Waals surface area contributed by atoms with Gasteiger partial charge in [0, 0.05) is 42.9 Å². The predicted octanol–water partition coefficient (Wildman–Crippen LogP) is 4.06. The van der Waals surface area contributed by atoms with Gasteiger partial charge in [-0.15, -0.1) is 6.58 Å². The third kappa shape index (κ3) is 2.72. The van der Waals surface area contributed by atoms with E-state index in [0.717, 1.165) is 43.3 Å². The minimum atomic E-state index is -0.151. The normalized spacial score (nSPS) is 18.1. The molecule has 0 amide bonds. The Morgan fingerprint density at radius 3 is 3.04 bits per heavy atom. The summed E-state index contributed by atoms with van der Waals surface area (Å²) in [6, 6.07) is 2.25. The smallest absolute Gasteiger partial charge is 0.109 e. The van der Waals surface area contributed by atoms with E-state index < -0.39 is 0 Å². The largest absolute Gasteiger partial charge is 0.372 e. The van der Waals surface area contributed by atoms with Gasteiger partial charge in [0.25, 0.3) is 0 Å². The summed E-state index contributed by atoms with van der Waals surface area (Å²) in [5.74, 6) is 1.08. The fraction of sp³-hybridized carbons (Fsp3) is 0.450. The van der Waals surface area contributed by atoms with Gasteiger partial charge in [-0.25, -0.2) is 4.99 Å². The monoisotopic (exact) mass is 338 g/mol. The lowest BCUT2D eigenvalue weighted by atomic mass is 9.88. The Morgan fingerprint density at radius 2 is 2.28 bits per heavy atom. The molecule has 0 spiro atoms. The molecule has 0 fully saturated rings. The number of hydrogen-bond donors (Lipinski definition) is 2. The molecule has 2 N–H and O–H groups in total. The van der Waals surface area contributed by atoms with Crippen LogP contribution in [0, 0.1) is 0 Å². The number of hydrogen-bond acceptors (Lipinski definition) is 4. The molecular weight excluding hydrogens is 312 g/mol. The number of anilines is 1. The van der Waals surface area contributed by atoms with E-state index in [0.29, 0.717) is 6.61 Å². The van der Waals surface area contributed by atoms with Crippen LogP contribution in [0.1, 0.15) is 37.5 Å². The fourth-order valence-electron chi connectivity index (χ4n) is 3.89. The van der Waals surface area contributed by atoms with Crippen molar-refractivity contribution in [2.24, 2.45) is 4.99 Å². The Labute approximate surface area is 149 Å². The van der Waals surface area contributed by atoms with E-state index in [4.69, 9.17) is 9.73 Å². The Balaban J connectivity index is 1.89. The standard InChI is InChI=1S/C20H26N4O/c1-5-7-24-10-13-8-16-17(18(13)22-12-24)14-9-20(3,4)25-11-15(14)19(23-16)21-6-2/h5,8,12,21,23H,1,6-7,9-11H2,2-4H3. The van der Waals surface area contributed by atoms with Crippen LogP contribution in [0.15, 0.2) is 23.7 Å². The van der Waals surface area contributed by atoms with E-state index in [1.54, 1.807) is 0 Å². The number of aromatic nitrogens is 1. The van der Waals surface area contributed by atoms with Crippen molar-refractivity contribution in [3.63, 3.8) is 0 Å². The Kier molecular flexibility index (Phi) is 3.84. The third-order valence-electron chi connectivity index (χ3n) is 5.01. The van der Waals surface area contributed by atoms with Crippen molar-refractivity contribution in [3.8, 4) is 11.3 Å². The van der Waals surface area contributed by atoms with E-state index >= 15 is 0 Å². The molecule has 5 nitrogen and oxygen atoms in total. The SMILES string of the molecule is C=CCN1C=Nc2c(cc3[nH]c(NCC)c4c(c2-3)CC(C)(C)OC4)C1. The lowest BCUT2D eigenvalue weighted by molar-refractivity contribution is -0.0397. The lowest BCUT2D eigenvalue weighted by Gasteiger charge is -2.34. The van der Waals surface area contributed by atoms with Gasteiger partial charge in [0.1, 0.15) is 5.82 Å². The minimum absolute atomic E-state index is 0.151. The lowest BCUT2D eigenvalue weighted by Crippen LogP contribution is -2.33. The summed E-state index contributed by atoms with van der Waals surface area (Å²) in [7, 11) is 0. The highest BCUT2D eigenvalue weighted by molar-refractivity contribution is 5.89. The Morgan fingerprint density at radius 1 is 1.44 bits per heavy atom. The zero-order valence-corrected chi connectivity index (χ0v) is 15.3. The first kappa shape index (κ1) is 16.2. The first-order chi connectivity index (χ1) is 12.0. The summed E-state index contributed by atoms with van der Waals surface area (Å²) < 4.78 is 6.08. The Bertz CT molecular complexity index is 818. The summed E-state index contributed by atoms with van der Waals surface area (Å²) in [5.41, 5.74) is 7.27. The number of aromatic amines is 1. The summed E-state index contributed by atoms with van der Waals surface area (Å²) in [5, 5.41) is 3.47. The molecule has 0 saturated carbocycles. The van der Waals surface area contributed by atoms with Crippen LogP contribution in [0.5, 0.6) is 0 Å². The summed E-state index contributed by atoms with van der Waals surface area (Å²) in [4.78, 5) is 10.5. The van der Waals surface area contributed by atoms with Gasteiger partial charge in [-0.3, -0.25) is 0 Å². The summed E-state index contributed by atoms with van der Waals surface area (Å²) in [6.07, 6.45) is 4.75. The molecule has 4 aliphatic rings. The second-order valence-electron chi connectivity index (χ2n) is 7.48. The van der Waals surface area contributed by atoms with Crippen LogP contribution >= 0.6 is 0 Å². The molecule has 5 heteroatoms. The maximum Gasteiger partial charge on any atom is 0.109 e. The van der Waals surface area contributed by atoms with Crippen LogP contribution in [0.25, 0.3) is 11.3 Å². The number of fused-ring (bicyclic) bond motifs is 5. The van der Waals surface area contributed by atoms with E-state index in [1.807, 2.05) is 12.4 Å². The van der Waals surface area contributed by atoms with Crippen molar-refractivity contribution in [3.05, 3.63) is 35.4 Å². The van der Waals surface area contributed by atoms with Gasteiger partial charge >= 0.3 is 0 Å². The molecule has 132 valence electrons. The topological polar surface area (TPSA) is 52.7 Å². The van der Waals surface area contributed by atoms with Crippen LogP contribution in [-0.2, 0) is 24.3 Å². The summed E-state index contributed by atoms with van der Waals surface area (Å²) >= 11 is 0. The molecule has 0 aromatic carbocycles. The van der Waals surface area contributed by atoms with Gasteiger partial charge < -0.3 is 19.9 Å². The molecule has 0 aromatic rings.